The lowest BCUT2D eigenvalue weighted by Gasteiger charge is -2.29. The molecular weight excluding hydrogens is 268 g/mol. The summed E-state index contributed by atoms with van der Waals surface area (Å²) in [5, 5.41) is 10.3. The number of hydrogen-bond donors (Lipinski definition) is 2. The summed E-state index contributed by atoms with van der Waals surface area (Å²) in [7, 11) is 0. The molecule has 0 aliphatic heterocycles. The third kappa shape index (κ3) is 7.20. The molecule has 1 atom stereocenters. The van der Waals surface area contributed by atoms with E-state index in [-0.39, 0.29) is 18.2 Å². The Morgan fingerprint density at radius 2 is 2.05 bits per heavy atom. The van der Waals surface area contributed by atoms with Gasteiger partial charge in [-0.2, -0.15) is 0 Å². The Kier molecular flexibility index (Phi) is 5.87. The summed E-state index contributed by atoms with van der Waals surface area (Å²) in [5.41, 5.74) is 2.04. The molecule has 1 aromatic heterocycles. The molecule has 1 amide bonds. The molecule has 0 fully saturated rings. The molecule has 5 nitrogen and oxygen atoms in total. The molecule has 1 rings (SSSR count). The molecule has 0 bridgehead atoms. The van der Waals surface area contributed by atoms with Crippen molar-refractivity contribution in [3.05, 3.63) is 30.1 Å². The van der Waals surface area contributed by atoms with E-state index in [0.29, 0.717) is 6.42 Å². The van der Waals surface area contributed by atoms with E-state index in [1.165, 1.54) is 0 Å². The van der Waals surface area contributed by atoms with Gasteiger partial charge in [0.05, 0.1) is 11.2 Å². The number of amides is 1. The van der Waals surface area contributed by atoms with Crippen molar-refractivity contribution in [1.29, 1.82) is 0 Å². The second kappa shape index (κ2) is 7.00. The molecule has 118 valence electrons. The van der Waals surface area contributed by atoms with E-state index >= 15 is 0 Å². The van der Waals surface area contributed by atoms with Crippen LogP contribution in [0, 0.1) is 5.92 Å². The van der Waals surface area contributed by atoms with Crippen LogP contribution in [0.1, 0.15) is 46.6 Å². The van der Waals surface area contributed by atoms with Crippen LogP contribution in [0.3, 0.4) is 0 Å². The number of hydrogen-bond acceptors (Lipinski definition) is 4. The molecule has 0 saturated carbocycles. The van der Waals surface area contributed by atoms with Gasteiger partial charge in [0.2, 0.25) is 5.91 Å². The number of nitrogens with zero attached hydrogens (tertiary/aromatic N) is 1. The normalized spacial score (nSPS) is 13.8. The highest BCUT2D eigenvalue weighted by Gasteiger charge is 2.29. The van der Waals surface area contributed by atoms with Crippen LogP contribution >= 0.6 is 0 Å². The fourth-order valence-electron chi connectivity index (χ4n) is 1.85. The molecule has 1 heterocycles. The molecule has 0 radical (unpaired) electrons. The summed E-state index contributed by atoms with van der Waals surface area (Å²) < 4.78 is 0. The molecule has 1 aromatic rings. The number of pyridine rings is 1. The summed E-state index contributed by atoms with van der Waals surface area (Å²) in [4.78, 5) is 21.3. The zero-order valence-corrected chi connectivity index (χ0v) is 13.5. The average Bonchev–Trinajstić information content (AvgIpc) is 2.35. The number of aromatic nitrogens is 1. The van der Waals surface area contributed by atoms with Crippen molar-refractivity contribution < 1.29 is 14.7 Å². The molecule has 0 aromatic carbocycles. The van der Waals surface area contributed by atoms with Crippen molar-refractivity contribution in [1.82, 2.24) is 10.5 Å². The Bertz CT molecular complexity index is 447. The first kappa shape index (κ1) is 17.6. The van der Waals surface area contributed by atoms with Gasteiger partial charge in [-0.3, -0.25) is 14.6 Å². The minimum absolute atomic E-state index is 0.189. The standard InChI is InChI=1S/C16H26N2O3/c1-15(2,3)21-18-14(19)10-13(16(4,5)20)9-12-7-6-8-17-11-12/h6-8,11,13,20H,9-10H2,1-5H3,(H,18,19). The lowest BCUT2D eigenvalue weighted by molar-refractivity contribution is -0.148. The fraction of sp³-hybridized carbons (Fsp3) is 0.625. The highest BCUT2D eigenvalue weighted by molar-refractivity contribution is 5.75. The van der Waals surface area contributed by atoms with Gasteiger partial charge in [0.25, 0.3) is 0 Å². The van der Waals surface area contributed by atoms with Gasteiger partial charge in [-0.05, 0) is 58.6 Å². The number of carbonyl (C=O) groups excluding carboxylic acids is 1. The molecule has 0 saturated heterocycles. The van der Waals surface area contributed by atoms with Crippen LogP contribution in [-0.2, 0) is 16.1 Å². The van der Waals surface area contributed by atoms with Gasteiger partial charge in [-0.1, -0.05) is 6.07 Å². The monoisotopic (exact) mass is 294 g/mol. The van der Waals surface area contributed by atoms with Gasteiger partial charge < -0.3 is 5.11 Å². The molecule has 0 spiro atoms. The van der Waals surface area contributed by atoms with E-state index in [1.807, 2.05) is 32.9 Å². The Labute approximate surface area is 126 Å². The first-order chi connectivity index (χ1) is 9.58. The molecule has 5 heteroatoms. The van der Waals surface area contributed by atoms with Crippen LogP contribution in [0.4, 0.5) is 0 Å². The SMILES string of the molecule is CC(C)(C)ONC(=O)CC(Cc1cccnc1)C(C)(C)O. The lowest BCUT2D eigenvalue weighted by atomic mass is 9.83. The van der Waals surface area contributed by atoms with Crippen LogP contribution in [0.5, 0.6) is 0 Å². The van der Waals surface area contributed by atoms with Crippen molar-refractivity contribution in [3.63, 3.8) is 0 Å². The van der Waals surface area contributed by atoms with Gasteiger partial charge in [-0.15, -0.1) is 0 Å². The Morgan fingerprint density at radius 3 is 2.52 bits per heavy atom. The topological polar surface area (TPSA) is 71.5 Å². The highest BCUT2D eigenvalue weighted by atomic mass is 16.7. The quantitative estimate of drug-likeness (QED) is 0.789. The van der Waals surface area contributed by atoms with Crippen molar-refractivity contribution in [3.8, 4) is 0 Å². The first-order valence-corrected chi connectivity index (χ1v) is 7.16. The van der Waals surface area contributed by atoms with E-state index in [1.54, 1.807) is 26.2 Å². The van der Waals surface area contributed by atoms with E-state index in [9.17, 15) is 9.90 Å². The smallest absolute Gasteiger partial charge is 0.243 e. The maximum atomic E-state index is 12.0. The van der Waals surface area contributed by atoms with Gasteiger partial charge in [0, 0.05) is 18.8 Å². The minimum Gasteiger partial charge on any atom is -0.390 e. The third-order valence-corrected chi connectivity index (χ3v) is 3.11. The summed E-state index contributed by atoms with van der Waals surface area (Å²) in [6.07, 6.45) is 4.23. The van der Waals surface area contributed by atoms with Gasteiger partial charge >= 0.3 is 0 Å². The highest BCUT2D eigenvalue weighted by Crippen LogP contribution is 2.24. The molecule has 0 aliphatic rings. The summed E-state index contributed by atoms with van der Waals surface area (Å²) in [5.74, 6) is -0.453. The van der Waals surface area contributed by atoms with Crippen LogP contribution in [0.2, 0.25) is 0 Å². The Morgan fingerprint density at radius 1 is 1.38 bits per heavy atom. The van der Waals surface area contributed by atoms with Crippen LogP contribution in [-0.4, -0.2) is 27.2 Å². The summed E-state index contributed by atoms with van der Waals surface area (Å²) >= 11 is 0. The molecule has 2 N–H and O–H groups in total. The lowest BCUT2D eigenvalue weighted by Crippen LogP contribution is -2.39. The van der Waals surface area contributed by atoms with E-state index < -0.39 is 11.2 Å². The van der Waals surface area contributed by atoms with Crippen LogP contribution in [0.25, 0.3) is 0 Å². The van der Waals surface area contributed by atoms with Crippen LogP contribution in [0.15, 0.2) is 24.5 Å². The predicted octanol–water partition coefficient (Wildman–Crippen LogP) is 2.25. The summed E-state index contributed by atoms with van der Waals surface area (Å²) in [6.45, 7) is 9.00. The second-order valence-electron chi connectivity index (χ2n) is 6.86. The van der Waals surface area contributed by atoms with Crippen molar-refractivity contribution in [2.75, 3.05) is 0 Å². The van der Waals surface area contributed by atoms with E-state index in [4.69, 9.17) is 4.84 Å². The van der Waals surface area contributed by atoms with Gasteiger partial charge in [-0.25, -0.2) is 5.48 Å². The summed E-state index contributed by atoms with van der Waals surface area (Å²) in [6, 6.07) is 3.79. The van der Waals surface area contributed by atoms with E-state index in [2.05, 4.69) is 10.5 Å². The molecular formula is C16H26N2O3. The van der Waals surface area contributed by atoms with Crippen LogP contribution < -0.4 is 5.48 Å². The number of aliphatic hydroxyl groups is 1. The zero-order chi connectivity index (χ0) is 16.1. The van der Waals surface area contributed by atoms with Gasteiger partial charge in [0.15, 0.2) is 0 Å². The number of rotatable bonds is 6. The first-order valence-electron chi connectivity index (χ1n) is 7.16. The third-order valence-electron chi connectivity index (χ3n) is 3.11. The van der Waals surface area contributed by atoms with Crippen molar-refractivity contribution in [2.24, 2.45) is 5.92 Å². The number of hydroxylamine groups is 1. The Hall–Kier alpha value is -1.46. The predicted molar refractivity (Wildman–Crippen MR) is 81.3 cm³/mol. The molecule has 0 aliphatic carbocycles. The number of nitrogens with one attached hydrogen (secondary N) is 1. The maximum absolute atomic E-state index is 12.0. The average molecular weight is 294 g/mol. The number of carbonyl (C=O) groups is 1. The van der Waals surface area contributed by atoms with Crippen molar-refractivity contribution >= 4 is 5.91 Å². The second-order valence-corrected chi connectivity index (χ2v) is 6.86. The largest absolute Gasteiger partial charge is 0.390 e. The fourth-order valence-corrected chi connectivity index (χ4v) is 1.85. The Balaban J connectivity index is 2.65. The maximum Gasteiger partial charge on any atom is 0.243 e. The zero-order valence-electron chi connectivity index (χ0n) is 13.5. The molecule has 21 heavy (non-hydrogen) atoms. The van der Waals surface area contributed by atoms with Crippen molar-refractivity contribution in [2.45, 2.75) is 58.7 Å². The minimum atomic E-state index is -0.963. The van der Waals surface area contributed by atoms with E-state index in [0.717, 1.165) is 5.56 Å². The molecule has 1 unspecified atom stereocenters. The van der Waals surface area contributed by atoms with Gasteiger partial charge in [0.1, 0.15) is 0 Å².